The van der Waals surface area contributed by atoms with Crippen molar-refractivity contribution in [3.63, 3.8) is 0 Å². The molecule has 3 rings (SSSR count). The molecule has 1 aromatic rings. The lowest BCUT2D eigenvalue weighted by atomic mass is 9.83. The topological polar surface area (TPSA) is 42.4 Å². The molecule has 1 spiro atoms. The summed E-state index contributed by atoms with van der Waals surface area (Å²) in [6.45, 7) is 6.93. The molecule has 2 fully saturated rings. The van der Waals surface area contributed by atoms with Gasteiger partial charge in [-0.2, -0.15) is 0 Å². The number of piperidine rings is 1. The van der Waals surface area contributed by atoms with E-state index in [0.717, 1.165) is 44.5 Å². The van der Waals surface area contributed by atoms with Crippen LogP contribution in [0.15, 0.2) is 24.5 Å². The van der Waals surface area contributed by atoms with E-state index in [1.165, 1.54) is 0 Å². The van der Waals surface area contributed by atoms with Crippen LogP contribution < -0.4 is 0 Å². The van der Waals surface area contributed by atoms with Crippen molar-refractivity contribution in [2.75, 3.05) is 19.7 Å². The van der Waals surface area contributed by atoms with E-state index in [4.69, 9.17) is 4.74 Å². The standard InChI is InChI=1S/C17H24N2O2/c1-13(2)15-10-17(21-11-15)6-3-9-19(12-17)16(20)14-4-7-18-8-5-14/h4-5,7-8,13,15H,3,6,9-12H2,1-2H3. The number of hydrogen-bond acceptors (Lipinski definition) is 3. The Morgan fingerprint density at radius 3 is 2.86 bits per heavy atom. The van der Waals surface area contributed by atoms with E-state index in [-0.39, 0.29) is 11.5 Å². The van der Waals surface area contributed by atoms with Gasteiger partial charge in [-0.3, -0.25) is 9.78 Å². The highest BCUT2D eigenvalue weighted by molar-refractivity contribution is 5.94. The summed E-state index contributed by atoms with van der Waals surface area (Å²) in [5.41, 5.74) is 0.621. The monoisotopic (exact) mass is 288 g/mol. The minimum absolute atomic E-state index is 0.101. The number of ether oxygens (including phenoxy) is 1. The van der Waals surface area contributed by atoms with Gasteiger partial charge < -0.3 is 9.64 Å². The van der Waals surface area contributed by atoms with Crippen molar-refractivity contribution in [2.45, 2.75) is 38.7 Å². The van der Waals surface area contributed by atoms with Crippen molar-refractivity contribution in [2.24, 2.45) is 11.8 Å². The van der Waals surface area contributed by atoms with Crippen LogP contribution in [0.4, 0.5) is 0 Å². The minimum Gasteiger partial charge on any atom is -0.373 e. The zero-order valence-electron chi connectivity index (χ0n) is 12.9. The molecule has 0 aromatic carbocycles. The number of rotatable bonds is 2. The third-order valence-corrected chi connectivity index (χ3v) is 4.93. The fraction of sp³-hybridized carbons (Fsp3) is 0.647. The van der Waals surface area contributed by atoms with Gasteiger partial charge in [-0.05, 0) is 43.2 Å². The Labute approximate surface area is 126 Å². The number of amides is 1. The van der Waals surface area contributed by atoms with Crippen LogP contribution in [0.1, 0.15) is 43.5 Å². The van der Waals surface area contributed by atoms with Crippen molar-refractivity contribution in [3.05, 3.63) is 30.1 Å². The second kappa shape index (κ2) is 5.76. The maximum Gasteiger partial charge on any atom is 0.254 e. The predicted octanol–water partition coefficient (Wildman–Crippen LogP) is 2.75. The van der Waals surface area contributed by atoms with E-state index < -0.39 is 0 Å². The highest BCUT2D eigenvalue weighted by Gasteiger charge is 2.45. The molecule has 2 aliphatic heterocycles. The Kier molecular flexibility index (Phi) is 3.98. The molecule has 4 nitrogen and oxygen atoms in total. The molecule has 2 unspecified atom stereocenters. The van der Waals surface area contributed by atoms with Gasteiger partial charge in [0.25, 0.3) is 5.91 Å². The van der Waals surface area contributed by atoms with Crippen LogP contribution in [-0.4, -0.2) is 41.1 Å². The molecular weight excluding hydrogens is 264 g/mol. The first-order chi connectivity index (χ1) is 10.1. The smallest absolute Gasteiger partial charge is 0.254 e. The number of carbonyl (C=O) groups is 1. The largest absolute Gasteiger partial charge is 0.373 e. The van der Waals surface area contributed by atoms with Gasteiger partial charge in [0.2, 0.25) is 0 Å². The molecule has 0 bridgehead atoms. The van der Waals surface area contributed by atoms with Gasteiger partial charge in [0, 0.05) is 31.0 Å². The van der Waals surface area contributed by atoms with Gasteiger partial charge in [-0.1, -0.05) is 13.8 Å². The van der Waals surface area contributed by atoms with Gasteiger partial charge in [-0.15, -0.1) is 0 Å². The second-order valence-electron chi connectivity index (χ2n) is 6.77. The molecule has 2 aliphatic rings. The molecule has 114 valence electrons. The number of pyridine rings is 1. The lowest BCUT2D eigenvalue weighted by Gasteiger charge is -2.40. The van der Waals surface area contributed by atoms with Gasteiger partial charge in [0.1, 0.15) is 0 Å². The fourth-order valence-electron chi connectivity index (χ4n) is 3.54. The first-order valence-corrected chi connectivity index (χ1v) is 7.93. The van der Waals surface area contributed by atoms with Crippen molar-refractivity contribution in [3.8, 4) is 0 Å². The van der Waals surface area contributed by atoms with E-state index in [1.54, 1.807) is 24.5 Å². The normalized spacial score (nSPS) is 29.3. The Morgan fingerprint density at radius 2 is 2.19 bits per heavy atom. The molecular formula is C17H24N2O2. The molecule has 0 radical (unpaired) electrons. The molecule has 21 heavy (non-hydrogen) atoms. The Bertz CT molecular complexity index is 503. The van der Waals surface area contributed by atoms with Crippen LogP contribution in [0.3, 0.4) is 0 Å². The van der Waals surface area contributed by atoms with Gasteiger partial charge in [0.15, 0.2) is 0 Å². The number of hydrogen-bond donors (Lipinski definition) is 0. The SMILES string of the molecule is CC(C)C1COC2(CCCN(C(=O)c3ccncc3)C2)C1. The third kappa shape index (κ3) is 2.95. The second-order valence-corrected chi connectivity index (χ2v) is 6.77. The summed E-state index contributed by atoms with van der Waals surface area (Å²) < 4.78 is 6.17. The average molecular weight is 288 g/mol. The van der Waals surface area contributed by atoms with Crippen LogP contribution in [0.5, 0.6) is 0 Å². The molecule has 1 amide bonds. The first kappa shape index (κ1) is 14.5. The molecule has 0 aliphatic carbocycles. The fourth-order valence-corrected chi connectivity index (χ4v) is 3.54. The summed E-state index contributed by atoms with van der Waals surface area (Å²) in [7, 11) is 0. The van der Waals surface area contributed by atoms with Crippen LogP contribution in [-0.2, 0) is 4.74 Å². The highest BCUT2D eigenvalue weighted by atomic mass is 16.5. The van der Waals surface area contributed by atoms with E-state index >= 15 is 0 Å². The predicted molar refractivity (Wildman–Crippen MR) is 81.0 cm³/mol. The summed E-state index contributed by atoms with van der Waals surface area (Å²) in [6.07, 6.45) is 6.55. The van der Waals surface area contributed by atoms with E-state index in [0.29, 0.717) is 11.8 Å². The van der Waals surface area contributed by atoms with Crippen molar-refractivity contribution < 1.29 is 9.53 Å². The quantitative estimate of drug-likeness (QED) is 0.840. The van der Waals surface area contributed by atoms with Crippen molar-refractivity contribution in [1.29, 1.82) is 0 Å². The molecule has 4 heteroatoms. The maximum atomic E-state index is 12.6. The average Bonchev–Trinajstić information content (AvgIpc) is 2.91. The summed E-state index contributed by atoms with van der Waals surface area (Å²) in [5, 5.41) is 0. The van der Waals surface area contributed by atoms with Crippen molar-refractivity contribution >= 4 is 5.91 Å². The van der Waals surface area contributed by atoms with Gasteiger partial charge >= 0.3 is 0 Å². The molecule has 1 aromatic heterocycles. The summed E-state index contributed by atoms with van der Waals surface area (Å²) in [6, 6.07) is 3.58. The zero-order valence-corrected chi connectivity index (χ0v) is 12.9. The number of carbonyl (C=O) groups excluding carboxylic acids is 1. The summed E-state index contributed by atoms with van der Waals surface area (Å²) >= 11 is 0. The Hall–Kier alpha value is -1.42. The maximum absolute atomic E-state index is 12.6. The van der Waals surface area contributed by atoms with E-state index in [1.807, 2.05) is 4.90 Å². The molecule has 3 heterocycles. The number of nitrogens with zero attached hydrogens (tertiary/aromatic N) is 2. The van der Waals surface area contributed by atoms with Gasteiger partial charge in [-0.25, -0.2) is 0 Å². The molecule has 0 N–H and O–H groups in total. The minimum atomic E-state index is -0.101. The third-order valence-electron chi connectivity index (χ3n) is 4.93. The highest BCUT2D eigenvalue weighted by Crippen LogP contribution is 2.40. The Morgan fingerprint density at radius 1 is 1.43 bits per heavy atom. The van der Waals surface area contributed by atoms with Crippen molar-refractivity contribution in [1.82, 2.24) is 9.88 Å². The lowest BCUT2D eigenvalue weighted by Crippen LogP contribution is -2.50. The molecule has 2 saturated heterocycles. The Balaban J connectivity index is 1.71. The number of aromatic nitrogens is 1. The van der Waals surface area contributed by atoms with Crippen LogP contribution in [0, 0.1) is 11.8 Å². The van der Waals surface area contributed by atoms with Crippen LogP contribution in [0.2, 0.25) is 0 Å². The van der Waals surface area contributed by atoms with Crippen LogP contribution in [0.25, 0.3) is 0 Å². The zero-order chi connectivity index (χ0) is 14.9. The van der Waals surface area contributed by atoms with Gasteiger partial charge in [0.05, 0.1) is 12.2 Å². The van der Waals surface area contributed by atoms with E-state index in [2.05, 4.69) is 18.8 Å². The molecule has 0 saturated carbocycles. The summed E-state index contributed by atoms with van der Waals surface area (Å²) in [4.78, 5) is 18.5. The molecule has 2 atom stereocenters. The van der Waals surface area contributed by atoms with Crippen LogP contribution >= 0.6 is 0 Å². The van der Waals surface area contributed by atoms with E-state index in [9.17, 15) is 4.79 Å². The lowest BCUT2D eigenvalue weighted by molar-refractivity contribution is -0.0451. The first-order valence-electron chi connectivity index (χ1n) is 7.93. The summed E-state index contributed by atoms with van der Waals surface area (Å²) in [5.74, 6) is 1.38. The number of likely N-dealkylation sites (tertiary alicyclic amines) is 1.